The predicted octanol–water partition coefficient (Wildman–Crippen LogP) is 7.12. The third-order valence-electron chi connectivity index (χ3n) is 8.74. The van der Waals surface area contributed by atoms with E-state index in [1.54, 1.807) is 0 Å². The molecule has 0 amide bonds. The van der Waals surface area contributed by atoms with E-state index in [0.29, 0.717) is 12.6 Å². The number of benzene rings is 3. The number of H-pyrrole nitrogens is 1. The summed E-state index contributed by atoms with van der Waals surface area (Å²) in [4.78, 5) is 20.1. The Hall–Kier alpha value is -3.87. The highest BCUT2D eigenvalue weighted by Gasteiger charge is 2.28. The number of hydrogen-bond acceptors (Lipinski definition) is 5. The Labute approximate surface area is 256 Å². The lowest BCUT2D eigenvalue weighted by atomic mass is 10.0. The van der Waals surface area contributed by atoms with E-state index in [1.807, 2.05) is 6.08 Å². The van der Waals surface area contributed by atoms with E-state index in [4.69, 9.17) is 9.47 Å². The molecule has 0 spiro atoms. The van der Waals surface area contributed by atoms with E-state index in [2.05, 4.69) is 102 Å². The summed E-state index contributed by atoms with van der Waals surface area (Å²) in [6.45, 7) is 12.1. The summed E-state index contributed by atoms with van der Waals surface area (Å²) in [7, 11) is 1.40. The molecule has 3 aromatic carbocycles. The van der Waals surface area contributed by atoms with Gasteiger partial charge < -0.3 is 19.4 Å². The highest BCUT2D eigenvalue weighted by Crippen LogP contribution is 2.38. The van der Waals surface area contributed by atoms with Crippen molar-refractivity contribution in [3.63, 3.8) is 0 Å². The number of likely N-dealkylation sites (N-methyl/N-ethyl adjacent to an activating group) is 1. The number of methoxy groups -OCH3 is 1. The van der Waals surface area contributed by atoms with Crippen molar-refractivity contribution >= 4 is 22.9 Å². The Balaban J connectivity index is 1.33. The number of fused-ring (bicyclic) bond motifs is 2. The summed E-state index contributed by atoms with van der Waals surface area (Å²) in [6, 6.07) is 22.2. The van der Waals surface area contributed by atoms with Crippen molar-refractivity contribution in [2.75, 3.05) is 39.9 Å². The Morgan fingerprint density at radius 1 is 1.02 bits per heavy atom. The molecule has 6 heteroatoms. The molecular weight excluding hydrogens is 534 g/mol. The summed E-state index contributed by atoms with van der Waals surface area (Å²) in [5.41, 5.74) is 8.91. The number of hydrogen-bond donors (Lipinski definition) is 1. The van der Waals surface area contributed by atoms with Gasteiger partial charge in [0.05, 0.1) is 7.11 Å². The number of aromatic amines is 1. The van der Waals surface area contributed by atoms with Crippen LogP contribution in [-0.4, -0.2) is 60.6 Å². The number of carbonyl (C=O) groups excluding carboxylic acids is 1. The maximum atomic E-state index is 11.6. The second-order valence-electron chi connectivity index (χ2n) is 11.5. The molecule has 1 aliphatic carbocycles. The molecule has 0 fully saturated rings. The molecule has 0 bridgehead atoms. The number of nitrogens with one attached hydrogen (secondary N) is 1. The zero-order valence-electron chi connectivity index (χ0n) is 26.1. The van der Waals surface area contributed by atoms with Crippen LogP contribution in [0, 0.1) is 6.92 Å². The summed E-state index contributed by atoms with van der Waals surface area (Å²) >= 11 is 0. The fourth-order valence-corrected chi connectivity index (χ4v) is 6.20. The minimum absolute atomic E-state index is 0.336. The van der Waals surface area contributed by atoms with E-state index in [9.17, 15) is 4.79 Å². The van der Waals surface area contributed by atoms with Crippen LogP contribution < -0.4 is 4.74 Å². The smallest absolute Gasteiger partial charge is 0.330 e. The fraction of sp³-hybridized carbons (Fsp3) is 0.378. The molecule has 4 aromatic rings. The molecule has 1 aromatic heterocycles. The van der Waals surface area contributed by atoms with Crippen LogP contribution in [0.4, 0.5) is 0 Å². The molecule has 1 unspecified atom stereocenters. The molecular formula is C37H45N3O3. The predicted molar refractivity (Wildman–Crippen MR) is 175 cm³/mol. The van der Waals surface area contributed by atoms with Crippen LogP contribution in [0.3, 0.4) is 0 Å². The van der Waals surface area contributed by atoms with Crippen molar-refractivity contribution in [2.45, 2.75) is 52.6 Å². The van der Waals surface area contributed by atoms with Gasteiger partial charge in [-0.2, -0.15) is 0 Å². The Morgan fingerprint density at radius 3 is 2.60 bits per heavy atom. The van der Waals surface area contributed by atoms with Gasteiger partial charge in [0.25, 0.3) is 0 Å². The van der Waals surface area contributed by atoms with Crippen molar-refractivity contribution in [3.05, 3.63) is 106 Å². The average Bonchev–Trinajstić information content (AvgIpc) is 3.64. The molecule has 0 saturated heterocycles. The fourth-order valence-electron chi connectivity index (χ4n) is 6.20. The summed E-state index contributed by atoms with van der Waals surface area (Å²) in [5, 5.41) is 1.31. The number of carbonyl (C=O) groups is 1. The maximum Gasteiger partial charge on any atom is 0.330 e. The van der Waals surface area contributed by atoms with E-state index in [-0.39, 0.29) is 5.97 Å². The zero-order valence-corrected chi connectivity index (χ0v) is 26.1. The molecule has 6 nitrogen and oxygen atoms in total. The van der Waals surface area contributed by atoms with Gasteiger partial charge >= 0.3 is 5.97 Å². The van der Waals surface area contributed by atoms with Gasteiger partial charge in [0, 0.05) is 48.9 Å². The third-order valence-corrected chi connectivity index (χ3v) is 8.74. The summed E-state index contributed by atoms with van der Waals surface area (Å²) < 4.78 is 10.8. The first-order chi connectivity index (χ1) is 21.0. The zero-order chi connectivity index (χ0) is 30.2. The molecule has 1 aliphatic rings. The lowest BCUT2D eigenvalue weighted by molar-refractivity contribution is -0.134. The van der Waals surface area contributed by atoms with Crippen LogP contribution in [0.15, 0.2) is 72.9 Å². The topological polar surface area (TPSA) is 57.8 Å². The molecule has 1 atom stereocenters. The van der Waals surface area contributed by atoms with Crippen LogP contribution >= 0.6 is 0 Å². The average molecular weight is 580 g/mol. The number of aromatic nitrogens is 1. The maximum absolute atomic E-state index is 11.6. The minimum Gasteiger partial charge on any atom is -0.492 e. The first-order valence-electron chi connectivity index (χ1n) is 15.6. The van der Waals surface area contributed by atoms with E-state index in [0.717, 1.165) is 63.3 Å². The van der Waals surface area contributed by atoms with E-state index >= 15 is 0 Å². The van der Waals surface area contributed by atoms with Crippen LogP contribution in [0.5, 0.6) is 5.75 Å². The first kappa shape index (κ1) is 30.6. The van der Waals surface area contributed by atoms with Gasteiger partial charge in [-0.1, -0.05) is 56.3 Å². The molecule has 0 saturated carbocycles. The number of ether oxygens (including phenoxy) is 2. The molecule has 0 radical (unpaired) electrons. The number of esters is 1. The van der Waals surface area contributed by atoms with Gasteiger partial charge in [-0.15, -0.1) is 0 Å². The monoisotopic (exact) mass is 579 g/mol. The SMILES string of the molecule is CCN(CC)CCOc1ccc(CN(CCc2c[nH]c3cc(C)ccc23)C2CCc3cc(C=CC(=O)OC)ccc32)cc1. The largest absolute Gasteiger partial charge is 0.492 e. The Bertz CT molecular complexity index is 1530. The highest BCUT2D eigenvalue weighted by molar-refractivity contribution is 5.87. The number of nitrogens with zero attached hydrogens (tertiary/aromatic N) is 2. The summed E-state index contributed by atoms with van der Waals surface area (Å²) in [6.07, 6.45) is 8.58. The number of aryl methyl sites for hydroxylation is 2. The van der Waals surface area contributed by atoms with Gasteiger partial charge in [-0.25, -0.2) is 4.79 Å². The highest BCUT2D eigenvalue weighted by atomic mass is 16.5. The van der Waals surface area contributed by atoms with Gasteiger partial charge in [0.2, 0.25) is 0 Å². The van der Waals surface area contributed by atoms with E-state index in [1.165, 1.54) is 51.9 Å². The minimum atomic E-state index is -0.336. The molecule has 1 heterocycles. The Kier molecular flexibility index (Phi) is 10.3. The number of rotatable bonds is 14. The van der Waals surface area contributed by atoms with Crippen molar-refractivity contribution in [1.29, 1.82) is 0 Å². The van der Waals surface area contributed by atoms with Crippen LogP contribution in [0.25, 0.3) is 17.0 Å². The molecule has 1 N–H and O–H groups in total. The van der Waals surface area contributed by atoms with Crippen molar-refractivity contribution < 1.29 is 14.3 Å². The lowest BCUT2D eigenvalue weighted by Gasteiger charge is -2.30. The second-order valence-corrected chi connectivity index (χ2v) is 11.5. The van der Waals surface area contributed by atoms with Crippen LogP contribution in [-0.2, 0) is 28.9 Å². The quantitative estimate of drug-likeness (QED) is 0.127. The van der Waals surface area contributed by atoms with Crippen molar-refractivity contribution in [3.8, 4) is 5.75 Å². The molecule has 0 aliphatic heterocycles. The van der Waals surface area contributed by atoms with E-state index < -0.39 is 0 Å². The van der Waals surface area contributed by atoms with Crippen molar-refractivity contribution in [1.82, 2.24) is 14.8 Å². The van der Waals surface area contributed by atoms with Crippen molar-refractivity contribution in [2.24, 2.45) is 0 Å². The van der Waals surface area contributed by atoms with Gasteiger partial charge in [0.15, 0.2) is 0 Å². The van der Waals surface area contributed by atoms with Crippen LogP contribution in [0.2, 0.25) is 0 Å². The van der Waals surface area contributed by atoms with Gasteiger partial charge in [-0.3, -0.25) is 4.90 Å². The molecule has 226 valence electrons. The third kappa shape index (κ3) is 7.75. The standard InChI is InChI=1S/C37H45N3O3/c1-5-39(6-2)21-22-43-32-13-8-29(9-14-32)26-40(20-19-31-25-38-35-23-27(3)7-15-33(31)35)36-17-12-30-24-28(10-16-34(30)36)11-18-37(41)42-4/h7-11,13-16,18,23-25,36,38H,5-6,12,17,19-22,26H2,1-4H3. The molecule has 5 rings (SSSR count). The second kappa shape index (κ2) is 14.5. The Morgan fingerprint density at radius 2 is 1.84 bits per heavy atom. The van der Waals surface area contributed by atoms with Gasteiger partial charge in [0.1, 0.15) is 12.4 Å². The van der Waals surface area contributed by atoms with Crippen LogP contribution in [0.1, 0.15) is 59.7 Å². The first-order valence-corrected chi connectivity index (χ1v) is 15.6. The lowest BCUT2D eigenvalue weighted by Crippen LogP contribution is -2.29. The normalized spacial score (nSPS) is 14.7. The van der Waals surface area contributed by atoms with Gasteiger partial charge in [-0.05, 0) is 96.9 Å². The summed E-state index contributed by atoms with van der Waals surface area (Å²) in [5.74, 6) is 0.590. The molecule has 43 heavy (non-hydrogen) atoms.